The zero-order valence-electron chi connectivity index (χ0n) is 58.0. The monoisotopic (exact) mass is 1380 g/mol. The molecule has 0 saturated heterocycles. The molecule has 0 bridgehead atoms. The number of carbonyl (C=O) groups excluding carboxylic acids is 2. The fourth-order valence-corrected chi connectivity index (χ4v) is 11.9. The van der Waals surface area contributed by atoms with E-state index in [0.717, 1.165) is 91.5 Å². The molecule has 99 heavy (non-hydrogen) atoms. The van der Waals surface area contributed by atoms with Gasteiger partial charge in [0.15, 0.2) is 0 Å². The molecule has 0 aliphatic carbocycles. The molecule has 3 heterocycles. The van der Waals surface area contributed by atoms with Gasteiger partial charge in [0, 0.05) is 85.0 Å². The van der Waals surface area contributed by atoms with Crippen molar-refractivity contribution in [2.24, 2.45) is 4.99 Å². The van der Waals surface area contributed by atoms with Crippen LogP contribution in [-0.2, 0) is 48.0 Å². The van der Waals surface area contributed by atoms with Gasteiger partial charge in [-0.05, 0) is 115 Å². The summed E-state index contributed by atoms with van der Waals surface area (Å²) < 4.78 is 87.1. The third-order valence-corrected chi connectivity index (χ3v) is 17.4. The van der Waals surface area contributed by atoms with Gasteiger partial charge >= 0.3 is 17.0 Å². The standard InChI is InChI=1S/C75H88BN9O9S.O3S/c1-56-14-22-60(23-15-56)68-52-70(62-24-16-57(2)17-25-62)82-72(68)80-73-69(61-30-34-66(35-31-61)81(3)4)53-71(63-32-36-67(91-9)37-33-63)83(73)76(82,39-11-44-85(7,8)55-59-20-28-65(29-21-59)75(87)79-42-51-95(88,89)90)38-10-43-84(5,6)54-58-18-26-64(27-19-58)74(86)78-41-13-46-93-48-50-94-49-47-92-45-12-40-77;1-4(2)3/h14-37,52-53H,12-13,40-51,54-55,77H2,1-9H3,(H-2,78,79,86,87,88,89,90);/p+2. The van der Waals surface area contributed by atoms with Crippen molar-refractivity contribution in [1.29, 1.82) is 0 Å². The number of amidine groups is 1. The van der Waals surface area contributed by atoms with Crippen molar-refractivity contribution in [2.45, 2.75) is 39.8 Å². The van der Waals surface area contributed by atoms with Gasteiger partial charge in [-0.2, -0.15) is 0 Å². The number of nitrogens with one attached hydrogen (secondary N) is 2. The lowest BCUT2D eigenvalue weighted by Crippen LogP contribution is -2.58. The average Bonchev–Trinajstić information content (AvgIpc) is 1.55. The number of nitrogens with zero attached hydrogens (tertiary/aromatic N) is 6. The van der Waals surface area contributed by atoms with Crippen LogP contribution in [0.5, 0.6) is 5.75 Å². The van der Waals surface area contributed by atoms with Crippen LogP contribution in [0.1, 0.15) is 66.9 Å². The molecule has 0 radical (unpaired) electrons. The van der Waals surface area contributed by atoms with E-state index in [-0.39, 0.29) is 12.5 Å². The molecule has 0 fully saturated rings. The van der Waals surface area contributed by atoms with Crippen molar-refractivity contribution >= 4 is 67.6 Å². The van der Waals surface area contributed by atoms with Crippen LogP contribution < -0.4 is 26.0 Å². The second kappa shape index (κ2) is 35.0. The molecule has 2 aliphatic heterocycles. The van der Waals surface area contributed by atoms with E-state index in [0.29, 0.717) is 110 Å². The van der Waals surface area contributed by atoms with Crippen molar-refractivity contribution in [3.05, 3.63) is 202 Å². The number of aromatic nitrogens is 1. The number of amides is 2. The summed E-state index contributed by atoms with van der Waals surface area (Å²) in [6.45, 7) is 10.5. The third-order valence-electron chi connectivity index (χ3n) is 16.7. The highest BCUT2D eigenvalue weighted by Gasteiger charge is 2.50. The molecule has 1 aromatic heterocycles. The maximum absolute atomic E-state index is 13.3. The number of aliphatic imine (C=N–C) groups is 1. The van der Waals surface area contributed by atoms with Crippen molar-refractivity contribution in [2.75, 3.05) is 132 Å². The van der Waals surface area contributed by atoms with Gasteiger partial charge in [0.25, 0.3) is 17.6 Å². The highest BCUT2D eigenvalue weighted by molar-refractivity contribution is 7.85. The largest absolute Gasteiger partial charge is 0.748 e. The van der Waals surface area contributed by atoms with Crippen molar-refractivity contribution in [3.63, 3.8) is 0 Å². The Hall–Kier alpha value is -9.31. The second-order valence-electron chi connectivity index (χ2n) is 26.0. The summed E-state index contributed by atoms with van der Waals surface area (Å²) >= 11 is 0. The first-order valence-corrected chi connectivity index (χ1v) is 35.4. The van der Waals surface area contributed by atoms with Crippen LogP contribution in [0.25, 0.3) is 28.0 Å². The Labute approximate surface area is 583 Å². The van der Waals surface area contributed by atoms with Crippen LogP contribution in [0.2, 0.25) is 0 Å². The number of carbonyl (C=O) groups is 2. The Morgan fingerprint density at radius 3 is 1.60 bits per heavy atom. The summed E-state index contributed by atoms with van der Waals surface area (Å²) in [6, 6.07) is 51.0. The normalized spacial score (nSPS) is 14.0. The number of allylic oxidation sites excluding steroid dienone is 1. The van der Waals surface area contributed by atoms with E-state index in [1.165, 1.54) is 0 Å². The highest BCUT2D eigenvalue weighted by atomic mass is 32.2. The molecule has 1 unspecified atom stereocenters. The van der Waals surface area contributed by atoms with Crippen LogP contribution in [0.15, 0.2) is 163 Å². The van der Waals surface area contributed by atoms with E-state index in [1.807, 2.05) is 62.6 Å². The lowest BCUT2D eigenvalue weighted by atomic mass is 9.45. The minimum atomic E-state index is -4.48. The number of anilines is 1. The molecule has 7 aromatic rings. The first-order chi connectivity index (χ1) is 47.3. The SMILES string of the molecule is COc1ccc(-c2cc(-c3ccc(N(C)C)cc3)c3n2[B-](C#CC[N+](C)(C)Cc2ccc(C(=O)NCCCOCCOCCOCCC[NH3+])cc2)(C#CC[N+](C)(C)Cc2ccc(C(=O)NCCS(=O)(=O)[O-])cc2)[N+]2=C(c4ccc(C)cc4)C=C(c4ccc(C)cc4)C2=N3)cc1.O=S(=O)=O. The predicted molar refractivity (Wildman–Crippen MR) is 387 cm³/mol. The molecule has 1 atom stereocenters. The number of methoxy groups -OCH3 is 1. The summed E-state index contributed by atoms with van der Waals surface area (Å²) in [4.78, 5) is 34.3. The van der Waals surface area contributed by atoms with E-state index in [4.69, 9.17) is 36.6 Å². The van der Waals surface area contributed by atoms with Crippen LogP contribution in [-0.4, -0.2) is 201 Å². The van der Waals surface area contributed by atoms with E-state index in [2.05, 4.69) is 193 Å². The lowest BCUT2D eigenvalue weighted by molar-refractivity contribution is -0.896. The lowest BCUT2D eigenvalue weighted by Gasteiger charge is -2.38. The minimum Gasteiger partial charge on any atom is -0.748 e. The molecular formula is C75H90BN9O12S2+2. The molecule has 0 spiro atoms. The van der Waals surface area contributed by atoms with Crippen LogP contribution >= 0.6 is 0 Å². The fraction of sp³-hybridized carbons (Fsp3) is 0.333. The van der Waals surface area contributed by atoms with Gasteiger partial charge in [-0.3, -0.25) is 9.59 Å². The van der Waals surface area contributed by atoms with Gasteiger partial charge in [0.1, 0.15) is 31.9 Å². The van der Waals surface area contributed by atoms with Crippen molar-refractivity contribution in [3.8, 4) is 51.6 Å². The van der Waals surface area contributed by atoms with Gasteiger partial charge in [-0.1, -0.05) is 108 Å². The Morgan fingerprint density at radius 2 is 1.11 bits per heavy atom. The maximum atomic E-state index is 13.3. The number of benzene rings is 6. The summed E-state index contributed by atoms with van der Waals surface area (Å²) in [5, 5.41) is 5.57. The summed E-state index contributed by atoms with van der Waals surface area (Å²) in [5.74, 6) is 16.5. The highest BCUT2D eigenvalue weighted by Crippen LogP contribution is 2.46. The first-order valence-electron chi connectivity index (χ1n) is 32.9. The molecule has 2 aliphatic rings. The van der Waals surface area contributed by atoms with Gasteiger partial charge in [0.05, 0.1) is 102 Å². The number of quaternary nitrogens is 3. The minimum absolute atomic E-state index is 0.144. The Bertz CT molecular complexity index is 4420. The molecule has 9 rings (SSSR count). The Morgan fingerprint density at radius 1 is 0.646 bits per heavy atom. The number of rotatable bonds is 30. The van der Waals surface area contributed by atoms with E-state index >= 15 is 0 Å². The molecular weight excluding hydrogens is 1290 g/mol. The first kappa shape index (κ1) is 75.5. The van der Waals surface area contributed by atoms with E-state index in [1.54, 1.807) is 19.2 Å². The molecule has 5 N–H and O–H groups in total. The molecule has 21 nitrogen and oxygen atoms in total. The zero-order chi connectivity index (χ0) is 71.3. The van der Waals surface area contributed by atoms with Gasteiger partial charge in [0.2, 0.25) is 5.82 Å². The zero-order valence-corrected chi connectivity index (χ0v) is 59.6. The summed E-state index contributed by atoms with van der Waals surface area (Å²) in [6.07, 6.45) is 1.26. The summed E-state index contributed by atoms with van der Waals surface area (Å²) in [7, 11) is 6.72. The summed E-state index contributed by atoms with van der Waals surface area (Å²) in [5.41, 5.74) is 17.5. The maximum Gasteiger partial charge on any atom is 0.434 e. The van der Waals surface area contributed by atoms with Crippen LogP contribution in [0.4, 0.5) is 11.5 Å². The molecule has 2 amide bonds. The topological polar surface area (TPSA) is 255 Å². The smallest absolute Gasteiger partial charge is 0.434 e. The number of ether oxygens (including phenoxy) is 4. The predicted octanol–water partition coefficient (Wildman–Crippen LogP) is 7.16. The van der Waals surface area contributed by atoms with E-state index < -0.39 is 38.8 Å². The quantitative estimate of drug-likeness (QED) is 0.0133. The van der Waals surface area contributed by atoms with Gasteiger partial charge in [-0.25, -0.2) is 20.1 Å². The molecule has 6 aromatic carbocycles. The Kier molecular flexibility index (Phi) is 26.6. The number of aryl methyl sites for hydroxylation is 2. The fourth-order valence-electron chi connectivity index (χ4n) is 11.6. The molecule has 24 heteroatoms. The molecule has 0 saturated carbocycles. The number of hydrogen-bond acceptors (Lipinski definition) is 14. The number of hydrogen-bond donors (Lipinski definition) is 3. The number of fused-ring (bicyclic) bond motifs is 2. The van der Waals surface area contributed by atoms with Gasteiger partial charge < -0.3 is 62.7 Å². The average molecular weight is 1380 g/mol. The van der Waals surface area contributed by atoms with Crippen LogP contribution in [0.3, 0.4) is 0 Å². The molecule has 520 valence electrons. The van der Waals surface area contributed by atoms with Gasteiger partial charge in [-0.15, -0.1) is 12.6 Å². The van der Waals surface area contributed by atoms with Crippen molar-refractivity contribution < 1.29 is 73.3 Å². The Balaban J connectivity index is 0.00000304. The van der Waals surface area contributed by atoms with Crippen molar-refractivity contribution in [1.82, 2.24) is 15.1 Å². The second-order valence-corrected chi connectivity index (χ2v) is 27.9. The van der Waals surface area contributed by atoms with E-state index in [9.17, 15) is 22.6 Å². The third kappa shape index (κ3) is 21.4. The van der Waals surface area contributed by atoms with Crippen LogP contribution in [0, 0.1) is 37.3 Å².